The van der Waals surface area contributed by atoms with Crippen LogP contribution in [0.3, 0.4) is 0 Å². The van der Waals surface area contributed by atoms with Gasteiger partial charge in [-0.3, -0.25) is 0 Å². The Balaban J connectivity index is 1.84. The quantitative estimate of drug-likeness (QED) is 0.612. The van der Waals surface area contributed by atoms with Gasteiger partial charge < -0.3 is 10.4 Å². The molecule has 2 fully saturated rings. The van der Waals surface area contributed by atoms with Crippen molar-refractivity contribution >= 4 is 0 Å². The lowest BCUT2D eigenvalue weighted by atomic mass is 10.0. The minimum absolute atomic E-state index is 0.386. The van der Waals surface area contributed by atoms with E-state index < -0.39 is 0 Å². The van der Waals surface area contributed by atoms with Crippen LogP contribution in [0.4, 0.5) is 0 Å². The average Bonchev–Trinajstić information content (AvgIpc) is 2.46. The molecule has 0 bridgehead atoms. The highest BCUT2D eigenvalue weighted by Gasteiger charge is 2.36. The molecule has 11 heavy (non-hydrogen) atoms. The molecule has 0 aromatic carbocycles. The molecule has 2 aliphatic rings. The summed E-state index contributed by atoms with van der Waals surface area (Å²) in [5, 5.41) is 12.2. The first-order valence-electron chi connectivity index (χ1n) is 4.71. The van der Waals surface area contributed by atoms with Crippen LogP contribution in [0, 0.1) is 17.8 Å². The van der Waals surface area contributed by atoms with Crippen molar-refractivity contribution in [2.75, 3.05) is 19.7 Å². The first-order chi connectivity index (χ1) is 5.40. The van der Waals surface area contributed by atoms with Crippen LogP contribution in [0.1, 0.15) is 19.3 Å². The fourth-order valence-electron chi connectivity index (χ4n) is 2.71. The third-order valence-corrected chi connectivity index (χ3v) is 3.29. The topological polar surface area (TPSA) is 32.3 Å². The lowest BCUT2D eigenvalue weighted by Gasteiger charge is -2.07. The summed E-state index contributed by atoms with van der Waals surface area (Å²) in [7, 11) is 0. The number of nitrogens with one attached hydrogen (secondary N) is 1. The molecule has 1 aliphatic carbocycles. The SMILES string of the molecule is OCC[C@H]1C[C@H]2CNC[C@H]2C1. The predicted molar refractivity (Wildman–Crippen MR) is 44.3 cm³/mol. The molecule has 3 atom stereocenters. The van der Waals surface area contributed by atoms with Crippen molar-refractivity contribution in [2.24, 2.45) is 17.8 Å². The normalized spacial score (nSPS) is 42.8. The molecule has 0 aromatic heterocycles. The molecule has 2 N–H and O–H groups in total. The summed E-state index contributed by atoms with van der Waals surface area (Å²) >= 11 is 0. The first kappa shape index (κ1) is 7.56. The van der Waals surface area contributed by atoms with Crippen molar-refractivity contribution in [1.29, 1.82) is 0 Å². The Kier molecular flexibility index (Phi) is 2.14. The third kappa shape index (κ3) is 1.42. The summed E-state index contributed by atoms with van der Waals surface area (Å²) < 4.78 is 0. The second-order valence-electron chi connectivity index (χ2n) is 4.03. The van der Waals surface area contributed by atoms with Crippen LogP contribution >= 0.6 is 0 Å². The predicted octanol–water partition coefficient (Wildman–Crippen LogP) is 0.614. The lowest BCUT2D eigenvalue weighted by Crippen LogP contribution is -2.12. The monoisotopic (exact) mass is 155 g/mol. The van der Waals surface area contributed by atoms with Gasteiger partial charge in [-0.25, -0.2) is 0 Å². The highest BCUT2D eigenvalue weighted by molar-refractivity contribution is 4.90. The largest absolute Gasteiger partial charge is 0.396 e. The molecule has 0 unspecified atom stereocenters. The highest BCUT2D eigenvalue weighted by atomic mass is 16.3. The minimum Gasteiger partial charge on any atom is -0.396 e. The Morgan fingerprint density at radius 2 is 1.82 bits per heavy atom. The van der Waals surface area contributed by atoms with Gasteiger partial charge in [0.1, 0.15) is 0 Å². The van der Waals surface area contributed by atoms with Crippen molar-refractivity contribution < 1.29 is 5.11 Å². The zero-order chi connectivity index (χ0) is 7.68. The molecule has 64 valence electrons. The maximum absolute atomic E-state index is 8.77. The number of fused-ring (bicyclic) bond motifs is 1. The molecule has 2 rings (SSSR count). The van der Waals surface area contributed by atoms with Crippen molar-refractivity contribution in [3.05, 3.63) is 0 Å². The Labute approximate surface area is 68.0 Å². The van der Waals surface area contributed by atoms with Crippen LogP contribution in [0.5, 0.6) is 0 Å². The Hall–Kier alpha value is -0.0800. The molecular formula is C9H17NO. The van der Waals surface area contributed by atoms with Gasteiger partial charge in [0.25, 0.3) is 0 Å². The van der Waals surface area contributed by atoms with E-state index in [0.29, 0.717) is 6.61 Å². The number of hydrogen-bond acceptors (Lipinski definition) is 2. The van der Waals surface area contributed by atoms with E-state index >= 15 is 0 Å². The fourth-order valence-corrected chi connectivity index (χ4v) is 2.71. The van der Waals surface area contributed by atoms with Crippen molar-refractivity contribution in [3.63, 3.8) is 0 Å². The van der Waals surface area contributed by atoms with Crippen LogP contribution < -0.4 is 5.32 Å². The molecule has 0 spiro atoms. The minimum atomic E-state index is 0.386. The second-order valence-corrected chi connectivity index (χ2v) is 4.03. The zero-order valence-electron chi connectivity index (χ0n) is 6.92. The molecule has 0 radical (unpaired) electrons. The van der Waals surface area contributed by atoms with Gasteiger partial charge in [0.15, 0.2) is 0 Å². The Morgan fingerprint density at radius 3 is 2.36 bits per heavy atom. The second kappa shape index (κ2) is 3.11. The summed E-state index contributed by atoms with van der Waals surface area (Å²) in [4.78, 5) is 0. The van der Waals surface area contributed by atoms with Gasteiger partial charge in [-0.15, -0.1) is 0 Å². The molecule has 2 nitrogen and oxygen atoms in total. The summed E-state index contributed by atoms with van der Waals surface area (Å²) in [6.07, 6.45) is 3.75. The standard InChI is InChI=1S/C9H17NO/c11-2-1-7-3-8-5-10-6-9(8)4-7/h7-11H,1-6H2/t7-,8-,9+. The average molecular weight is 155 g/mol. The van der Waals surface area contributed by atoms with E-state index in [2.05, 4.69) is 5.32 Å². The summed E-state index contributed by atoms with van der Waals surface area (Å²) in [5.74, 6) is 2.70. The first-order valence-corrected chi connectivity index (χ1v) is 4.71. The maximum atomic E-state index is 8.77. The van der Waals surface area contributed by atoms with Gasteiger partial charge in [0.05, 0.1) is 0 Å². The highest BCUT2D eigenvalue weighted by Crippen LogP contribution is 2.39. The van der Waals surface area contributed by atoms with Crippen molar-refractivity contribution in [1.82, 2.24) is 5.32 Å². The fraction of sp³-hybridized carbons (Fsp3) is 1.00. The van der Waals surface area contributed by atoms with E-state index in [-0.39, 0.29) is 0 Å². The van der Waals surface area contributed by atoms with Crippen molar-refractivity contribution in [3.8, 4) is 0 Å². The Morgan fingerprint density at radius 1 is 1.18 bits per heavy atom. The molecule has 0 aromatic rings. The van der Waals surface area contributed by atoms with E-state index in [9.17, 15) is 0 Å². The van der Waals surface area contributed by atoms with Crippen LogP contribution in [0.2, 0.25) is 0 Å². The Bertz CT molecular complexity index is 126. The van der Waals surface area contributed by atoms with Gasteiger partial charge in [-0.05, 0) is 50.1 Å². The maximum Gasteiger partial charge on any atom is 0.0433 e. The van der Waals surface area contributed by atoms with Gasteiger partial charge in [0.2, 0.25) is 0 Å². The van der Waals surface area contributed by atoms with E-state index in [1.807, 2.05) is 0 Å². The van der Waals surface area contributed by atoms with E-state index in [1.165, 1.54) is 25.9 Å². The van der Waals surface area contributed by atoms with Gasteiger partial charge in [0, 0.05) is 6.61 Å². The van der Waals surface area contributed by atoms with Gasteiger partial charge in [-0.2, -0.15) is 0 Å². The van der Waals surface area contributed by atoms with E-state index in [1.54, 1.807) is 0 Å². The molecule has 1 saturated heterocycles. The van der Waals surface area contributed by atoms with Crippen LogP contribution in [0.25, 0.3) is 0 Å². The summed E-state index contributed by atoms with van der Waals surface area (Å²) in [5.41, 5.74) is 0. The molecule has 1 saturated carbocycles. The molecule has 1 aliphatic heterocycles. The van der Waals surface area contributed by atoms with Gasteiger partial charge >= 0.3 is 0 Å². The molecule has 1 heterocycles. The van der Waals surface area contributed by atoms with Gasteiger partial charge in [-0.1, -0.05) is 0 Å². The zero-order valence-corrected chi connectivity index (χ0v) is 6.92. The third-order valence-electron chi connectivity index (χ3n) is 3.29. The van der Waals surface area contributed by atoms with Crippen LogP contribution in [0.15, 0.2) is 0 Å². The number of hydrogen-bond donors (Lipinski definition) is 2. The van der Waals surface area contributed by atoms with E-state index in [4.69, 9.17) is 5.11 Å². The number of aliphatic hydroxyl groups excluding tert-OH is 1. The number of rotatable bonds is 2. The lowest BCUT2D eigenvalue weighted by molar-refractivity contribution is 0.254. The van der Waals surface area contributed by atoms with E-state index in [0.717, 1.165) is 24.2 Å². The summed E-state index contributed by atoms with van der Waals surface area (Å²) in [6.45, 7) is 2.84. The smallest absolute Gasteiger partial charge is 0.0433 e. The molecular weight excluding hydrogens is 138 g/mol. The van der Waals surface area contributed by atoms with Crippen LogP contribution in [-0.2, 0) is 0 Å². The van der Waals surface area contributed by atoms with Crippen LogP contribution in [-0.4, -0.2) is 24.8 Å². The number of aliphatic hydroxyl groups is 1. The molecule has 0 amide bonds. The van der Waals surface area contributed by atoms with Crippen molar-refractivity contribution in [2.45, 2.75) is 19.3 Å². The summed E-state index contributed by atoms with van der Waals surface area (Å²) in [6, 6.07) is 0. The molecule has 2 heteroatoms.